The number of carboxylic acids is 1. The molecule has 0 bridgehead atoms. The largest absolute Gasteiger partial charge is 0.480 e. The highest BCUT2D eigenvalue weighted by molar-refractivity contribution is 5.80. The highest BCUT2D eigenvalue weighted by Gasteiger charge is 2.20. The van der Waals surface area contributed by atoms with Gasteiger partial charge in [-0.25, -0.2) is 4.79 Å². The highest BCUT2D eigenvalue weighted by atomic mass is 16.5. The van der Waals surface area contributed by atoms with E-state index in [4.69, 9.17) is 9.84 Å². The van der Waals surface area contributed by atoms with Crippen molar-refractivity contribution >= 4 is 12.0 Å². The number of amides is 2. The van der Waals surface area contributed by atoms with Gasteiger partial charge in [-0.15, -0.1) is 0 Å². The molecule has 2 amide bonds. The Balaban J connectivity index is 4.18. The molecule has 0 spiro atoms. The fourth-order valence-corrected chi connectivity index (χ4v) is 1.31. The molecule has 6 nitrogen and oxygen atoms in total. The second-order valence-corrected chi connectivity index (χ2v) is 3.86. The van der Waals surface area contributed by atoms with E-state index in [1.807, 2.05) is 13.8 Å². The van der Waals surface area contributed by atoms with E-state index in [0.717, 1.165) is 6.42 Å². The number of hydrogen-bond donors (Lipinski definition) is 2. The van der Waals surface area contributed by atoms with Gasteiger partial charge in [-0.2, -0.15) is 0 Å². The summed E-state index contributed by atoms with van der Waals surface area (Å²) in [6.45, 7) is 4.53. The van der Waals surface area contributed by atoms with Gasteiger partial charge in [0, 0.05) is 26.3 Å². The topological polar surface area (TPSA) is 78.9 Å². The fraction of sp³-hybridized carbons (Fsp3) is 0.818. The van der Waals surface area contributed by atoms with Crippen LogP contribution in [0.15, 0.2) is 0 Å². The molecule has 6 heteroatoms. The molecular formula is C11H22N2O4. The quantitative estimate of drug-likeness (QED) is 0.624. The van der Waals surface area contributed by atoms with Gasteiger partial charge in [0.15, 0.2) is 0 Å². The third-order valence-electron chi connectivity index (χ3n) is 2.49. The summed E-state index contributed by atoms with van der Waals surface area (Å²) in [6.07, 6.45) is 1.43. The number of carbonyl (C=O) groups is 2. The van der Waals surface area contributed by atoms with E-state index in [2.05, 4.69) is 5.32 Å². The number of aliphatic carboxylic acids is 1. The first-order chi connectivity index (χ1) is 8.02. The Labute approximate surface area is 102 Å². The minimum absolute atomic E-state index is 0.0893. The van der Waals surface area contributed by atoms with Gasteiger partial charge in [0.25, 0.3) is 0 Å². The summed E-state index contributed by atoms with van der Waals surface area (Å²) in [5.74, 6) is -1.00. The molecule has 100 valence electrons. The predicted octanol–water partition coefficient (Wildman–Crippen LogP) is 0.918. The zero-order valence-corrected chi connectivity index (χ0v) is 10.7. The molecule has 0 saturated carbocycles. The number of rotatable bonds is 8. The van der Waals surface area contributed by atoms with Gasteiger partial charge in [-0.1, -0.05) is 6.92 Å². The molecule has 2 N–H and O–H groups in total. The summed E-state index contributed by atoms with van der Waals surface area (Å²) >= 11 is 0. The van der Waals surface area contributed by atoms with Gasteiger partial charge >= 0.3 is 12.0 Å². The number of hydrogen-bond acceptors (Lipinski definition) is 3. The lowest BCUT2D eigenvalue weighted by molar-refractivity contribution is -0.138. The van der Waals surface area contributed by atoms with E-state index in [-0.39, 0.29) is 18.6 Å². The van der Waals surface area contributed by atoms with Crippen molar-refractivity contribution < 1.29 is 19.4 Å². The van der Waals surface area contributed by atoms with Crippen LogP contribution in [-0.4, -0.2) is 54.9 Å². The molecule has 0 rings (SSSR count). The number of urea groups is 1. The summed E-state index contributed by atoms with van der Waals surface area (Å²) in [6, 6.07) is -0.425. The molecule has 17 heavy (non-hydrogen) atoms. The van der Waals surface area contributed by atoms with Gasteiger partial charge in [-0.3, -0.25) is 4.79 Å². The van der Waals surface area contributed by atoms with E-state index in [9.17, 15) is 9.59 Å². The Morgan fingerprint density at radius 1 is 1.47 bits per heavy atom. The molecule has 0 aliphatic rings. The molecule has 1 atom stereocenters. The van der Waals surface area contributed by atoms with E-state index in [1.54, 1.807) is 7.11 Å². The van der Waals surface area contributed by atoms with Crippen LogP contribution < -0.4 is 5.32 Å². The van der Waals surface area contributed by atoms with Crippen LogP contribution in [0.4, 0.5) is 4.79 Å². The van der Waals surface area contributed by atoms with Crippen molar-refractivity contribution in [1.29, 1.82) is 0 Å². The van der Waals surface area contributed by atoms with E-state index in [0.29, 0.717) is 19.6 Å². The van der Waals surface area contributed by atoms with Crippen molar-refractivity contribution in [1.82, 2.24) is 10.2 Å². The second-order valence-electron chi connectivity index (χ2n) is 3.86. The minimum atomic E-state index is -1.00. The number of carboxylic acid groups (broad SMARTS) is 1. The maximum absolute atomic E-state index is 11.8. The van der Waals surface area contributed by atoms with Crippen molar-refractivity contribution in [2.45, 2.75) is 32.7 Å². The Bertz CT molecular complexity index is 246. The van der Waals surface area contributed by atoms with Crippen LogP contribution in [-0.2, 0) is 9.53 Å². The molecule has 0 aromatic rings. The molecule has 1 unspecified atom stereocenters. The second kappa shape index (κ2) is 8.81. The van der Waals surface area contributed by atoms with Crippen LogP contribution >= 0.6 is 0 Å². The first kappa shape index (κ1) is 15.7. The summed E-state index contributed by atoms with van der Waals surface area (Å²) in [5, 5.41) is 11.4. The van der Waals surface area contributed by atoms with Gasteiger partial charge in [0.1, 0.15) is 6.54 Å². The van der Waals surface area contributed by atoms with Gasteiger partial charge in [0.05, 0.1) is 0 Å². The first-order valence-corrected chi connectivity index (χ1v) is 5.78. The van der Waals surface area contributed by atoms with E-state index < -0.39 is 5.97 Å². The molecule has 0 aromatic carbocycles. The van der Waals surface area contributed by atoms with Gasteiger partial charge in [-0.05, 0) is 19.8 Å². The monoisotopic (exact) mass is 246 g/mol. The minimum Gasteiger partial charge on any atom is -0.480 e. The van der Waals surface area contributed by atoms with Crippen molar-refractivity contribution in [3.8, 4) is 0 Å². The highest BCUT2D eigenvalue weighted by Crippen LogP contribution is 2.03. The fourth-order valence-electron chi connectivity index (χ4n) is 1.31. The number of methoxy groups -OCH3 is 1. The van der Waals surface area contributed by atoms with Crippen LogP contribution in [0.3, 0.4) is 0 Å². The Morgan fingerprint density at radius 3 is 2.59 bits per heavy atom. The van der Waals surface area contributed by atoms with Crippen molar-refractivity contribution in [3.63, 3.8) is 0 Å². The van der Waals surface area contributed by atoms with Crippen LogP contribution in [0.1, 0.15) is 26.7 Å². The van der Waals surface area contributed by atoms with E-state index in [1.165, 1.54) is 4.90 Å². The third-order valence-corrected chi connectivity index (χ3v) is 2.49. The third kappa shape index (κ3) is 6.78. The van der Waals surface area contributed by atoms with Crippen molar-refractivity contribution in [2.75, 3.05) is 26.8 Å². The van der Waals surface area contributed by atoms with Crippen molar-refractivity contribution in [2.24, 2.45) is 0 Å². The lowest BCUT2D eigenvalue weighted by Gasteiger charge is -2.27. The van der Waals surface area contributed by atoms with Crippen LogP contribution in [0.2, 0.25) is 0 Å². The molecular weight excluding hydrogens is 224 g/mol. The van der Waals surface area contributed by atoms with Crippen LogP contribution in [0, 0.1) is 0 Å². The maximum Gasteiger partial charge on any atom is 0.323 e. The lowest BCUT2D eigenvalue weighted by atomic mass is 10.2. The molecule has 0 aliphatic carbocycles. The number of nitrogens with zero attached hydrogens (tertiary/aromatic N) is 1. The van der Waals surface area contributed by atoms with E-state index >= 15 is 0 Å². The molecule has 0 aliphatic heterocycles. The summed E-state index contributed by atoms with van der Waals surface area (Å²) in [4.78, 5) is 23.8. The number of nitrogens with one attached hydrogen (secondary N) is 1. The number of ether oxygens (including phenoxy) is 1. The Hall–Kier alpha value is -1.30. The molecule has 0 radical (unpaired) electrons. The Kier molecular flexibility index (Phi) is 8.13. The van der Waals surface area contributed by atoms with Crippen LogP contribution in [0.25, 0.3) is 0 Å². The smallest absolute Gasteiger partial charge is 0.323 e. The SMILES string of the molecule is CCC(C)N(CC(=O)O)C(=O)NCCCOC. The first-order valence-electron chi connectivity index (χ1n) is 5.78. The number of carbonyl (C=O) groups excluding carboxylic acids is 1. The van der Waals surface area contributed by atoms with Gasteiger partial charge in [0.2, 0.25) is 0 Å². The standard InChI is InChI=1S/C11H22N2O4/c1-4-9(2)13(8-10(14)15)11(16)12-6-5-7-17-3/h9H,4-8H2,1-3H3,(H,12,16)(H,14,15). The molecule has 0 fully saturated rings. The molecule has 0 heterocycles. The average molecular weight is 246 g/mol. The average Bonchev–Trinajstić information content (AvgIpc) is 2.30. The predicted molar refractivity (Wildman–Crippen MR) is 64.0 cm³/mol. The van der Waals surface area contributed by atoms with Crippen LogP contribution in [0.5, 0.6) is 0 Å². The summed E-state index contributed by atoms with van der Waals surface area (Å²) in [5.41, 5.74) is 0. The molecule has 0 saturated heterocycles. The van der Waals surface area contributed by atoms with Crippen molar-refractivity contribution in [3.05, 3.63) is 0 Å². The zero-order chi connectivity index (χ0) is 13.3. The zero-order valence-electron chi connectivity index (χ0n) is 10.7. The lowest BCUT2D eigenvalue weighted by Crippen LogP contribution is -2.47. The Morgan fingerprint density at radius 2 is 2.12 bits per heavy atom. The summed E-state index contributed by atoms with van der Waals surface area (Å²) in [7, 11) is 1.59. The summed E-state index contributed by atoms with van der Waals surface area (Å²) < 4.78 is 4.86. The van der Waals surface area contributed by atoms with Gasteiger partial charge < -0.3 is 20.1 Å². The molecule has 0 aromatic heterocycles. The maximum atomic E-state index is 11.8. The normalized spacial score (nSPS) is 11.9.